The molecule has 0 aromatic heterocycles. The number of carbonyl (C=O) groups excluding carboxylic acids is 2. The molecule has 22 heavy (non-hydrogen) atoms. The van der Waals surface area contributed by atoms with E-state index in [4.69, 9.17) is 5.11 Å². The molecule has 0 radical (unpaired) electrons. The van der Waals surface area contributed by atoms with Gasteiger partial charge in [-0.15, -0.1) is 0 Å². The Balaban J connectivity index is 2.36. The summed E-state index contributed by atoms with van der Waals surface area (Å²) < 4.78 is 0. The van der Waals surface area contributed by atoms with Crippen LogP contribution in [0.15, 0.2) is 0 Å². The van der Waals surface area contributed by atoms with Crippen LogP contribution in [0.2, 0.25) is 0 Å². The highest BCUT2D eigenvalue weighted by atomic mass is 16.4. The molecule has 0 aliphatic carbocycles. The zero-order valence-corrected chi connectivity index (χ0v) is 14.0. The second-order valence-electron chi connectivity index (χ2n) is 7.28. The molecule has 1 heterocycles. The van der Waals surface area contributed by atoms with Crippen LogP contribution in [0.25, 0.3) is 0 Å². The molecule has 0 bridgehead atoms. The SMILES string of the molecule is CC1CC(C(=O)O)CN(C(=O)CCCNC(=O)C(C)(C)C)C1. The van der Waals surface area contributed by atoms with E-state index in [0.717, 1.165) is 0 Å². The number of hydrogen-bond acceptors (Lipinski definition) is 3. The lowest BCUT2D eigenvalue weighted by Crippen LogP contribution is -2.45. The zero-order valence-electron chi connectivity index (χ0n) is 14.0. The summed E-state index contributed by atoms with van der Waals surface area (Å²) >= 11 is 0. The third-order valence-corrected chi connectivity index (χ3v) is 3.90. The number of carbonyl (C=O) groups is 3. The maximum atomic E-state index is 12.2. The first kappa shape index (κ1) is 18.5. The molecule has 126 valence electrons. The number of carboxylic acid groups (broad SMARTS) is 1. The molecule has 6 heteroatoms. The normalized spacial score (nSPS) is 22.3. The van der Waals surface area contributed by atoms with Gasteiger partial charge in [0.25, 0.3) is 0 Å². The molecule has 1 saturated heterocycles. The lowest BCUT2D eigenvalue weighted by molar-refractivity contribution is -0.147. The van der Waals surface area contributed by atoms with Crippen LogP contribution in [0.4, 0.5) is 0 Å². The average Bonchev–Trinajstić information content (AvgIpc) is 2.41. The summed E-state index contributed by atoms with van der Waals surface area (Å²) in [5.41, 5.74) is -0.430. The average molecular weight is 312 g/mol. The van der Waals surface area contributed by atoms with E-state index in [1.165, 1.54) is 0 Å². The topological polar surface area (TPSA) is 86.7 Å². The Morgan fingerprint density at radius 2 is 1.86 bits per heavy atom. The van der Waals surface area contributed by atoms with Crippen LogP contribution in [0.3, 0.4) is 0 Å². The summed E-state index contributed by atoms with van der Waals surface area (Å²) in [5.74, 6) is -1.14. The van der Waals surface area contributed by atoms with E-state index in [2.05, 4.69) is 5.32 Å². The number of hydrogen-bond donors (Lipinski definition) is 2. The first-order valence-corrected chi connectivity index (χ1v) is 7.90. The van der Waals surface area contributed by atoms with Gasteiger partial charge in [0.05, 0.1) is 5.92 Å². The molecule has 2 atom stereocenters. The van der Waals surface area contributed by atoms with Gasteiger partial charge in [0.15, 0.2) is 0 Å². The van der Waals surface area contributed by atoms with Crippen molar-refractivity contribution in [3.8, 4) is 0 Å². The fraction of sp³-hybridized carbons (Fsp3) is 0.812. The summed E-state index contributed by atoms with van der Waals surface area (Å²) in [6.45, 7) is 8.88. The minimum absolute atomic E-state index is 0.0252. The predicted octanol–water partition coefficient (Wildman–Crippen LogP) is 1.50. The standard InChI is InChI=1S/C16H28N2O4/c1-11-8-12(14(20)21)10-18(9-11)13(19)6-5-7-17-15(22)16(2,3)4/h11-12H,5-10H2,1-4H3,(H,17,22)(H,20,21). The Hall–Kier alpha value is -1.59. The molecule has 0 aromatic rings. The molecule has 0 saturated carbocycles. The molecule has 0 spiro atoms. The molecule has 0 aromatic carbocycles. The van der Waals surface area contributed by atoms with Crippen LogP contribution in [-0.2, 0) is 14.4 Å². The van der Waals surface area contributed by atoms with Crippen molar-refractivity contribution in [1.29, 1.82) is 0 Å². The summed E-state index contributed by atoms with van der Waals surface area (Å²) in [4.78, 5) is 36.6. The molecule has 1 aliphatic rings. The number of nitrogens with one attached hydrogen (secondary N) is 1. The Morgan fingerprint density at radius 1 is 1.23 bits per heavy atom. The van der Waals surface area contributed by atoms with Crippen LogP contribution >= 0.6 is 0 Å². The summed E-state index contributed by atoms with van der Waals surface area (Å²) in [7, 11) is 0. The molecule has 1 fully saturated rings. The van der Waals surface area contributed by atoms with Gasteiger partial charge in [0.1, 0.15) is 0 Å². The number of piperidine rings is 1. The smallest absolute Gasteiger partial charge is 0.308 e. The lowest BCUT2D eigenvalue weighted by atomic mass is 9.90. The van der Waals surface area contributed by atoms with Crippen LogP contribution in [-0.4, -0.2) is 47.4 Å². The van der Waals surface area contributed by atoms with Gasteiger partial charge in [-0.2, -0.15) is 0 Å². The second kappa shape index (κ2) is 7.61. The van der Waals surface area contributed by atoms with Crippen LogP contribution in [0, 0.1) is 17.3 Å². The highest BCUT2D eigenvalue weighted by Gasteiger charge is 2.31. The number of carboxylic acids is 1. The summed E-state index contributed by atoms with van der Waals surface area (Å²) in [5, 5.41) is 11.9. The molecular weight excluding hydrogens is 284 g/mol. The highest BCUT2D eigenvalue weighted by Crippen LogP contribution is 2.22. The monoisotopic (exact) mass is 312 g/mol. The Labute approximate surface area is 132 Å². The van der Waals surface area contributed by atoms with Crippen LogP contribution in [0.1, 0.15) is 47.0 Å². The molecule has 2 amide bonds. The van der Waals surface area contributed by atoms with E-state index in [1.807, 2.05) is 27.7 Å². The Kier molecular flexibility index (Phi) is 6.38. The maximum Gasteiger partial charge on any atom is 0.308 e. The van der Waals surface area contributed by atoms with Crippen molar-refractivity contribution in [2.45, 2.75) is 47.0 Å². The number of aliphatic carboxylic acids is 1. The van der Waals surface area contributed by atoms with Crippen molar-refractivity contribution in [1.82, 2.24) is 10.2 Å². The van der Waals surface area contributed by atoms with E-state index in [1.54, 1.807) is 4.90 Å². The van der Waals surface area contributed by atoms with E-state index in [-0.39, 0.29) is 17.7 Å². The first-order valence-electron chi connectivity index (χ1n) is 7.90. The minimum atomic E-state index is -0.832. The van der Waals surface area contributed by atoms with Gasteiger partial charge in [-0.1, -0.05) is 27.7 Å². The van der Waals surface area contributed by atoms with Gasteiger partial charge in [-0.25, -0.2) is 0 Å². The largest absolute Gasteiger partial charge is 0.481 e. The van der Waals surface area contributed by atoms with Crippen LogP contribution < -0.4 is 5.32 Å². The maximum absolute atomic E-state index is 12.2. The predicted molar refractivity (Wildman–Crippen MR) is 83.2 cm³/mol. The molecule has 2 unspecified atom stereocenters. The molecular formula is C16H28N2O4. The van der Waals surface area contributed by atoms with Gasteiger partial charge in [0, 0.05) is 31.5 Å². The number of likely N-dealkylation sites (tertiary alicyclic amines) is 1. The van der Waals surface area contributed by atoms with Gasteiger partial charge < -0.3 is 15.3 Å². The molecule has 6 nitrogen and oxygen atoms in total. The van der Waals surface area contributed by atoms with Gasteiger partial charge >= 0.3 is 5.97 Å². The fourth-order valence-corrected chi connectivity index (χ4v) is 2.60. The van der Waals surface area contributed by atoms with E-state index in [9.17, 15) is 14.4 Å². The van der Waals surface area contributed by atoms with Gasteiger partial charge in [-0.3, -0.25) is 14.4 Å². The van der Waals surface area contributed by atoms with E-state index >= 15 is 0 Å². The van der Waals surface area contributed by atoms with Crippen molar-refractivity contribution in [3.63, 3.8) is 0 Å². The van der Waals surface area contributed by atoms with Gasteiger partial charge in [0.2, 0.25) is 11.8 Å². The van der Waals surface area contributed by atoms with Gasteiger partial charge in [-0.05, 0) is 18.8 Å². The third kappa shape index (κ3) is 5.66. The van der Waals surface area contributed by atoms with Crippen molar-refractivity contribution in [3.05, 3.63) is 0 Å². The van der Waals surface area contributed by atoms with E-state index in [0.29, 0.717) is 38.9 Å². The second-order valence-corrected chi connectivity index (χ2v) is 7.28. The third-order valence-electron chi connectivity index (χ3n) is 3.90. The summed E-state index contributed by atoms with van der Waals surface area (Å²) in [6.07, 6.45) is 1.54. The number of amides is 2. The van der Waals surface area contributed by atoms with Crippen LogP contribution in [0.5, 0.6) is 0 Å². The summed E-state index contributed by atoms with van der Waals surface area (Å²) in [6, 6.07) is 0. The van der Waals surface area contributed by atoms with Crippen molar-refractivity contribution in [2.24, 2.45) is 17.3 Å². The van der Waals surface area contributed by atoms with Crippen molar-refractivity contribution < 1.29 is 19.5 Å². The molecule has 2 N–H and O–H groups in total. The van der Waals surface area contributed by atoms with Crippen molar-refractivity contribution >= 4 is 17.8 Å². The van der Waals surface area contributed by atoms with Crippen molar-refractivity contribution in [2.75, 3.05) is 19.6 Å². The zero-order chi connectivity index (χ0) is 16.9. The van der Waals surface area contributed by atoms with E-state index < -0.39 is 17.3 Å². The molecule has 1 aliphatic heterocycles. The minimum Gasteiger partial charge on any atom is -0.481 e. The number of rotatable bonds is 5. The Bertz CT molecular complexity index is 428. The fourth-order valence-electron chi connectivity index (χ4n) is 2.60. The highest BCUT2D eigenvalue weighted by molar-refractivity contribution is 5.81. The Morgan fingerprint density at radius 3 is 2.41 bits per heavy atom. The number of nitrogens with zero attached hydrogens (tertiary/aromatic N) is 1. The quantitative estimate of drug-likeness (QED) is 0.753. The molecule has 1 rings (SSSR count). The first-order chi connectivity index (χ1) is 10.1. The lowest BCUT2D eigenvalue weighted by Gasteiger charge is -2.34.